The minimum absolute atomic E-state index is 0.00904. The minimum atomic E-state index is -0.873. The molecule has 0 aromatic heterocycles. The van der Waals surface area contributed by atoms with Crippen molar-refractivity contribution in [2.75, 3.05) is 0 Å². The Hall–Kier alpha value is -0.860. The molecule has 14 heavy (non-hydrogen) atoms. The summed E-state index contributed by atoms with van der Waals surface area (Å²) in [5, 5.41) is 8.45. The van der Waals surface area contributed by atoms with Gasteiger partial charge in [-0.25, -0.2) is 0 Å². The number of aliphatic carboxylic acids is 1. The van der Waals surface area contributed by atoms with Crippen LogP contribution in [0.25, 0.3) is 0 Å². The first-order valence-electron chi connectivity index (χ1n) is 5.34. The van der Waals surface area contributed by atoms with Crippen molar-refractivity contribution < 1.29 is 14.7 Å². The Balaban J connectivity index is 2.27. The van der Waals surface area contributed by atoms with E-state index in [9.17, 15) is 9.59 Å². The van der Waals surface area contributed by atoms with Crippen molar-refractivity contribution >= 4 is 11.8 Å². The number of ketones is 1. The normalized spacial score (nSPS) is 27.2. The summed E-state index contributed by atoms with van der Waals surface area (Å²) in [4.78, 5) is 21.8. The summed E-state index contributed by atoms with van der Waals surface area (Å²) in [6.07, 6.45) is 4.35. The Kier molecular flexibility index (Phi) is 4.11. The lowest BCUT2D eigenvalue weighted by atomic mass is 9.80. The molecule has 1 N–H and O–H groups in total. The lowest BCUT2D eigenvalue weighted by molar-refractivity contribution is -0.139. The number of hydrogen-bond acceptors (Lipinski definition) is 2. The maximum Gasteiger partial charge on any atom is 0.303 e. The van der Waals surface area contributed by atoms with Crippen LogP contribution in [0.4, 0.5) is 0 Å². The van der Waals surface area contributed by atoms with Crippen LogP contribution >= 0.6 is 0 Å². The maximum absolute atomic E-state index is 11.5. The van der Waals surface area contributed by atoms with Gasteiger partial charge in [-0.15, -0.1) is 0 Å². The molecular weight excluding hydrogens is 180 g/mol. The molecule has 1 aliphatic rings. The van der Waals surface area contributed by atoms with Crippen LogP contribution in [-0.4, -0.2) is 16.9 Å². The third-order valence-electron chi connectivity index (χ3n) is 3.06. The topological polar surface area (TPSA) is 54.4 Å². The lowest BCUT2D eigenvalue weighted by Gasteiger charge is -2.24. The van der Waals surface area contributed by atoms with Crippen LogP contribution in [0.3, 0.4) is 0 Å². The number of hydrogen-bond donors (Lipinski definition) is 1. The van der Waals surface area contributed by atoms with E-state index in [4.69, 9.17) is 5.11 Å². The molecule has 1 aliphatic carbocycles. The van der Waals surface area contributed by atoms with Crippen LogP contribution < -0.4 is 0 Å². The summed E-state index contributed by atoms with van der Waals surface area (Å²) in [5.41, 5.74) is 0. The fourth-order valence-corrected chi connectivity index (χ4v) is 2.02. The molecule has 0 bridgehead atoms. The Morgan fingerprint density at radius 2 is 1.71 bits per heavy atom. The van der Waals surface area contributed by atoms with E-state index in [1.165, 1.54) is 0 Å². The average Bonchev–Trinajstić information content (AvgIpc) is 2.15. The van der Waals surface area contributed by atoms with Crippen molar-refractivity contribution in [1.29, 1.82) is 0 Å². The van der Waals surface area contributed by atoms with Crippen molar-refractivity contribution in [2.45, 2.75) is 45.4 Å². The summed E-state index contributed by atoms with van der Waals surface area (Å²) in [7, 11) is 0. The van der Waals surface area contributed by atoms with Gasteiger partial charge < -0.3 is 5.11 Å². The first-order chi connectivity index (χ1) is 6.59. The van der Waals surface area contributed by atoms with E-state index >= 15 is 0 Å². The van der Waals surface area contributed by atoms with Gasteiger partial charge in [-0.2, -0.15) is 0 Å². The molecule has 0 saturated heterocycles. The third kappa shape index (κ3) is 3.48. The molecule has 3 nitrogen and oxygen atoms in total. The monoisotopic (exact) mass is 198 g/mol. The van der Waals surface area contributed by atoms with Gasteiger partial charge in [0.05, 0.1) is 6.42 Å². The van der Waals surface area contributed by atoms with Crippen molar-refractivity contribution in [3.05, 3.63) is 0 Å². The average molecular weight is 198 g/mol. The summed E-state index contributed by atoms with van der Waals surface area (Å²) in [6, 6.07) is 0. The molecule has 0 unspecified atom stereocenters. The predicted molar refractivity (Wildman–Crippen MR) is 53.0 cm³/mol. The first-order valence-corrected chi connectivity index (χ1v) is 5.34. The van der Waals surface area contributed by atoms with Gasteiger partial charge in [-0.3, -0.25) is 9.59 Å². The van der Waals surface area contributed by atoms with Crippen LogP contribution in [0, 0.1) is 11.8 Å². The van der Waals surface area contributed by atoms with Crippen LogP contribution in [0.15, 0.2) is 0 Å². The zero-order valence-electron chi connectivity index (χ0n) is 8.66. The molecule has 0 aliphatic heterocycles. The first kappa shape index (κ1) is 11.2. The number of carbonyl (C=O) groups excluding carboxylic acids is 1. The summed E-state index contributed by atoms with van der Waals surface area (Å²) >= 11 is 0. The molecule has 80 valence electrons. The highest BCUT2D eigenvalue weighted by molar-refractivity contribution is 5.84. The molecule has 0 aromatic rings. The molecule has 0 heterocycles. The van der Waals surface area contributed by atoms with Crippen LogP contribution in [0.1, 0.15) is 45.4 Å². The SMILES string of the molecule is C[C@H]1CC[C@H](C(=O)CCC(=O)O)CC1. The van der Waals surface area contributed by atoms with Crippen molar-refractivity contribution in [3.63, 3.8) is 0 Å². The maximum atomic E-state index is 11.5. The highest BCUT2D eigenvalue weighted by atomic mass is 16.4. The second kappa shape index (κ2) is 5.13. The number of carbonyl (C=O) groups is 2. The van der Waals surface area contributed by atoms with Crippen molar-refractivity contribution in [2.24, 2.45) is 11.8 Å². The molecule has 0 radical (unpaired) electrons. The number of Topliss-reactive ketones (excluding diaryl/α,β-unsaturated/α-hetero) is 1. The van der Waals surface area contributed by atoms with E-state index in [-0.39, 0.29) is 24.5 Å². The van der Waals surface area contributed by atoms with Crippen LogP contribution in [0.5, 0.6) is 0 Å². The molecule has 0 atom stereocenters. The van der Waals surface area contributed by atoms with Gasteiger partial charge in [0, 0.05) is 12.3 Å². The Morgan fingerprint density at radius 3 is 2.21 bits per heavy atom. The predicted octanol–water partition coefficient (Wildman–Crippen LogP) is 2.25. The number of carboxylic acids is 1. The van der Waals surface area contributed by atoms with E-state index in [0.29, 0.717) is 0 Å². The van der Waals surface area contributed by atoms with Crippen molar-refractivity contribution in [1.82, 2.24) is 0 Å². The zero-order chi connectivity index (χ0) is 10.6. The molecule has 1 fully saturated rings. The summed E-state index contributed by atoms with van der Waals surface area (Å²) in [6.45, 7) is 2.21. The fourth-order valence-electron chi connectivity index (χ4n) is 2.02. The molecule has 3 heteroatoms. The molecule has 0 aromatic carbocycles. The highest BCUT2D eigenvalue weighted by Crippen LogP contribution is 2.29. The van der Waals surface area contributed by atoms with E-state index in [1.807, 2.05) is 0 Å². The molecular formula is C11H18O3. The fraction of sp³-hybridized carbons (Fsp3) is 0.818. The van der Waals surface area contributed by atoms with E-state index in [1.54, 1.807) is 0 Å². The second-order valence-electron chi connectivity index (χ2n) is 4.32. The third-order valence-corrected chi connectivity index (χ3v) is 3.06. The minimum Gasteiger partial charge on any atom is -0.481 e. The second-order valence-corrected chi connectivity index (χ2v) is 4.32. The quantitative estimate of drug-likeness (QED) is 0.753. The Bertz CT molecular complexity index is 215. The highest BCUT2D eigenvalue weighted by Gasteiger charge is 2.24. The standard InChI is InChI=1S/C11H18O3/c1-8-2-4-9(5-3-8)10(12)6-7-11(13)14/h8-9H,2-7H2,1H3,(H,13,14)/t8-,9-. The van der Waals surface area contributed by atoms with Gasteiger partial charge in [0.15, 0.2) is 0 Å². The molecule has 0 amide bonds. The lowest BCUT2D eigenvalue weighted by Crippen LogP contribution is -2.21. The smallest absolute Gasteiger partial charge is 0.303 e. The van der Waals surface area contributed by atoms with Gasteiger partial charge in [0.1, 0.15) is 5.78 Å². The van der Waals surface area contributed by atoms with Gasteiger partial charge >= 0.3 is 5.97 Å². The largest absolute Gasteiger partial charge is 0.481 e. The van der Waals surface area contributed by atoms with E-state index in [0.717, 1.165) is 31.6 Å². The van der Waals surface area contributed by atoms with Crippen molar-refractivity contribution in [3.8, 4) is 0 Å². The van der Waals surface area contributed by atoms with Gasteiger partial charge in [-0.05, 0) is 18.8 Å². The number of carboxylic acid groups (broad SMARTS) is 1. The number of rotatable bonds is 4. The van der Waals surface area contributed by atoms with Crippen LogP contribution in [-0.2, 0) is 9.59 Å². The van der Waals surface area contributed by atoms with E-state index in [2.05, 4.69) is 6.92 Å². The Labute approximate surface area is 84.5 Å². The summed E-state index contributed by atoms with van der Waals surface area (Å²) in [5.74, 6) is 0.158. The van der Waals surface area contributed by atoms with Crippen LogP contribution in [0.2, 0.25) is 0 Å². The van der Waals surface area contributed by atoms with Gasteiger partial charge in [0.25, 0.3) is 0 Å². The van der Waals surface area contributed by atoms with Gasteiger partial charge in [-0.1, -0.05) is 19.8 Å². The zero-order valence-corrected chi connectivity index (χ0v) is 8.66. The summed E-state index contributed by atoms with van der Waals surface area (Å²) < 4.78 is 0. The Morgan fingerprint density at radius 1 is 1.14 bits per heavy atom. The molecule has 0 spiro atoms. The van der Waals surface area contributed by atoms with E-state index < -0.39 is 5.97 Å². The van der Waals surface area contributed by atoms with Gasteiger partial charge in [0.2, 0.25) is 0 Å². The molecule has 1 rings (SSSR count). The molecule has 1 saturated carbocycles.